The van der Waals surface area contributed by atoms with Crippen LogP contribution in [0.25, 0.3) is 0 Å². The van der Waals surface area contributed by atoms with E-state index in [1.165, 1.54) is 6.92 Å². The van der Waals surface area contributed by atoms with E-state index in [2.05, 4.69) is 5.32 Å². The van der Waals surface area contributed by atoms with Crippen LogP contribution >= 0.6 is 0 Å². The molecule has 0 aromatic heterocycles. The molecule has 3 heteroatoms. The van der Waals surface area contributed by atoms with Crippen molar-refractivity contribution in [2.24, 2.45) is 0 Å². The van der Waals surface area contributed by atoms with Crippen molar-refractivity contribution >= 4 is 11.7 Å². The summed E-state index contributed by atoms with van der Waals surface area (Å²) in [7, 11) is 0. The van der Waals surface area contributed by atoms with Crippen LogP contribution in [0.15, 0.2) is 24.3 Å². The monoisotopic (exact) mass is 205 g/mol. The number of amides is 1. The number of rotatable bonds is 4. The van der Waals surface area contributed by atoms with Gasteiger partial charge in [-0.25, -0.2) is 0 Å². The van der Waals surface area contributed by atoms with Gasteiger partial charge in [-0.3, -0.25) is 9.59 Å². The van der Waals surface area contributed by atoms with Gasteiger partial charge in [0.2, 0.25) is 5.91 Å². The average Bonchev–Trinajstić information content (AvgIpc) is 2.18. The maximum Gasteiger partial charge on any atom is 0.224 e. The minimum absolute atomic E-state index is 0.0341. The van der Waals surface area contributed by atoms with E-state index in [1.807, 2.05) is 31.2 Å². The molecule has 3 nitrogen and oxygen atoms in total. The van der Waals surface area contributed by atoms with Gasteiger partial charge in [-0.15, -0.1) is 0 Å². The van der Waals surface area contributed by atoms with Crippen molar-refractivity contribution in [2.75, 3.05) is 6.54 Å². The maximum absolute atomic E-state index is 11.4. The number of ketones is 1. The fourth-order valence-electron chi connectivity index (χ4n) is 1.27. The number of hydrogen-bond donors (Lipinski definition) is 1. The van der Waals surface area contributed by atoms with Gasteiger partial charge in [-0.2, -0.15) is 0 Å². The zero-order valence-electron chi connectivity index (χ0n) is 9.04. The molecule has 0 atom stereocenters. The summed E-state index contributed by atoms with van der Waals surface area (Å²) in [6, 6.07) is 7.73. The standard InChI is InChI=1S/C12H15NO2/c1-9-5-3-4-6-11(9)7-12(15)13-8-10(2)14/h3-6H,7-8H2,1-2H3,(H,13,15). The van der Waals surface area contributed by atoms with E-state index < -0.39 is 0 Å². The molecule has 0 aliphatic heterocycles. The van der Waals surface area contributed by atoms with Crippen molar-refractivity contribution in [3.8, 4) is 0 Å². The summed E-state index contributed by atoms with van der Waals surface area (Å²) in [4.78, 5) is 22.1. The van der Waals surface area contributed by atoms with Gasteiger partial charge < -0.3 is 5.32 Å². The highest BCUT2D eigenvalue weighted by Gasteiger charge is 2.05. The molecule has 1 rings (SSSR count). The molecule has 0 saturated heterocycles. The van der Waals surface area contributed by atoms with Crippen LogP contribution in [0.1, 0.15) is 18.1 Å². The number of benzene rings is 1. The minimum Gasteiger partial charge on any atom is -0.349 e. The summed E-state index contributed by atoms with van der Waals surface area (Å²) in [5, 5.41) is 2.57. The van der Waals surface area contributed by atoms with E-state index in [-0.39, 0.29) is 18.2 Å². The van der Waals surface area contributed by atoms with Gasteiger partial charge in [0, 0.05) is 0 Å². The van der Waals surface area contributed by atoms with Crippen LogP contribution in [-0.2, 0) is 16.0 Å². The van der Waals surface area contributed by atoms with Crippen molar-refractivity contribution in [2.45, 2.75) is 20.3 Å². The molecule has 0 spiro atoms. The zero-order chi connectivity index (χ0) is 11.3. The molecule has 1 aromatic carbocycles. The van der Waals surface area contributed by atoms with Gasteiger partial charge in [0.15, 0.2) is 0 Å². The van der Waals surface area contributed by atoms with Crippen molar-refractivity contribution < 1.29 is 9.59 Å². The molecule has 0 bridgehead atoms. The molecule has 0 fully saturated rings. The van der Waals surface area contributed by atoms with Gasteiger partial charge >= 0.3 is 0 Å². The van der Waals surface area contributed by atoms with Gasteiger partial charge in [0.05, 0.1) is 13.0 Å². The largest absolute Gasteiger partial charge is 0.349 e. The van der Waals surface area contributed by atoms with Gasteiger partial charge in [-0.1, -0.05) is 24.3 Å². The molecule has 80 valence electrons. The van der Waals surface area contributed by atoms with Gasteiger partial charge in [-0.05, 0) is 25.0 Å². The Morgan fingerprint density at radius 3 is 2.53 bits per heavy atom. The van der Waals surface area contributed by atoms with Crippen molar-refractivity contribution in [3.05, 3.63) is 35.4 Å². The molecule has 0 unspecified atom stereocenters. The molecule has 1 N–H and O–H groups in total. The second kappa shape index (κ2) is 5.29. The second-order valence-corrected chi connectivity index (χ2v) is 3.58. The van der Waals surface area contributed by atoms with Crippen LogP contribution in [0.4, 0.5) is 0 Å². The van der Waals surface area contributed by atoms with Crippen molar-refractivity contribution in [1.82, 2.24) is 5.32 Å². The van der Waals surface area contributed by atoms with Crippen LogP contribution in [-0.4, -0.2) is 18.2 Å². The van der Waals surface area contributed by atoms with Crippen LogP contribution in [0.3, 0.4) is 0 Å². The first kappa shape index (κ1) is 11.4. The van der Waals surface area contributed by atoms with Crippen LogP contribution < -0.4 is 5.32 Å². The number of aryl methyl sites for hydroxylation is 1. The normalized spacial score (nSPS) is 9.73. The number of Topliss-reactive ketones (excluding diaryl/α,β-unsaturated/α-hetero) is 1. The molecule has 0 aliphatic carbocycles. The topological polar surface area (TPSA) is 46.2 Å². The van der Waals surface area contributed by atoms with E-state index in [0.29, 0.717) is 6.42 Å². The lowest BCUT2D eigenvalue weighted by Crippen LogP contribution is -2.29. The Bertz CT molecular complexity index is 372. The van der Waals surface area contributed by atoms with Gasteiger partial charge in [0.1, 0.15) is 5.78 Å². The van der Waals surface area contributed by atoms with Crippen LogP contribution in [0, 0.1) is 6.92 Å². The first-order chi connectivity index (χ1) is 7.09. The predicted octanol–water partition coefficient (Wildman–Crippen LogP) is 1.24. The lowest BCUT2D eigenvalue weighted by Gasteiger charge is -2.05. The molecule has 1 aromatic rings. The first-order valence-corrected chi connectivity index (χ1v) is 4.90. The molecule has 0 aliphatic rings. The number of carbonyl (C=O) groups excluding carboxylic acids is 2. The van der Waals surface area contributed by atoms with Crippen molar-refractivity contribution in [1.29, 1.82) is 0 Å². The average molecular weight is 205 g/mol. The lowest BCUT2D eigenvalue weighted by molar-refractivity contribution is -0.124. The highest BCUT2D eigenvalue weighted by atomic mass is 16.2. The third kappa shape index (κ3) is 3.94. The highest BCUT2D eigenvalue weighted by molar-refractivity contribution is 5.85. The Hall–Kier alpha value is -1.64. The Kier molecular flexibility index (Phi) is 4.03. The van der Waals surface area contributed by atoms with E-state index >= 15 is 0 Å². The quantitative estimate of drug-likeness (QED) is 0.804. The summed E-state index contributed by atoms with van der Waals surface area (Å²) in [6.45, 7) is 3.53. The van der Waals surface area contributed by atoms with Gasteiger partial charge in [0.25, 0.3) is 0 Å². The third-order valence-corrected chi connectivity index (χ3v) is 2.15. The first-order valence-electron chi connectivity index (χ1n) is 4.90. The maximum atomic E-state index is 11.4. The fraction of sp³-hybridized carbons (Fsp3) is 0.333. The molecule has 15 heavy (non-hydrogen) atoms. The molecule has 0 radical (unpaired) electrons. The third-order valence-electron chi connectivity index (χ3n) is 2.15. The van der Waals surface area contributed by atoms with E-state index in [4.69, 9.17) is 0 Å². The zero-order valence-corrected chi connectivity index (χ0v) is 9.04. The Morgan fingerprint density at radius 1 is 1.27 bits per heavy atom. The summed E-state index contributed by atoms with van der Waals surface area (Å²) in [6.07, 6.45) is 0.333. The fourth-order valence-corrected chi connectivity index (χ4v) is 1.27. The molecular weight excluding hydrogens is 190 g/mol. The summed E-state index contributed by atoms with van der Waals surface area (Å²) >= 11 is 0. The number of nitrogens with one attached hydrogen (secondary N) is 1. The highest BCUT2D eigenvalue weighted by Crippen LogP contribution is 2.07. The molecule has 0 heterocycles. The number of carbonyl (C=O) groups is 2. The minimum atomic E-state index is -0.112. The Morgan fingerprint density at radius 2 is 1.93 bits per heavy atom. The predicted molar refractivity (Wildman–Crippen MR) is 58.6 cm³/mol. The molecule has 1 amide bonds. The molecule has 0 saturated carbocycles. The Balaban J connectivity index is 2.52. The lowest BCUT2D eigenvalue weighted by atomic mass is 10.1. The summed E-state index contributed by atoms with van der Waals surface area (Å²) in [5.41, 5.74) is 2.09. The van der Waals surface area contributed by atoms with Crippen LogP contribution in [0.5, 0.6) is 0 Å². The molecular formula is C12H15NO2. The SMILES string of the molecule is CC(=O)CNC(=O)Cc1ccccc1C. The second-order valence-electron chi connectivity index (χ2n) is 3.58. The number of hydrogen-bond acceptors (Lipinski definition) is 2. The van der Waals surface area contributed by atoms with E-state index in [0.717, 1.165) is 11.1 Å². The summed E-state index contributed by atoms with van der Waals surface area (Å²) < 4.78 is 0. The summed E-state index contributed by atoms with van der Waals surface area (Å²) in [5.74, 6) is -0.146. The Labute approximate surface area is 89.5 Å². The van der Waals surface area contributed by atoms with E-state index in [1.54, 1.807) is 0 Å². The van der Waals surface area contributed by atoms with Crippen molar-refractivity contribution in [3.63, 3.8) is 0 Å². The van der Waals surface area contributed by atoms with Crippen LogP contribution in [0.2, 0.25) is 0 Å². The van der Waals surface area contributed by atoms with E-state index in [9.17, 15) is 9.59 Å². The smallest absolute Gasteiger partial charge is 0.224 e.